The molecule has 0 spiro atoms. The number of aryl methyl sites for hydroxylation is 1. The van der Waals surface area contributed by atoms with Gasteiger partial charge in [0.1, 0.15) is 0 Å². The Morgan fingerprint density at radius 3 is 1.73 bits per heavy atom. The molecule has 0 aliphatic heterocycles. The molecule has 0 saturated heterocycles. The van der Waals surface area contributed by atoms with Gasteiger partial charge >= 0.3 is 0 Å². The third-order valence-electron chi connectivity index (χ3n) is 9.01. The Morgan fingerprint density at radius 2 is 1.10 bits per heavy atom. The van der Waals surface area contributed by atoms with E-state index in [4.69, 9.17) is 21.5 Å². The van der Waals surface area contributed by atoms with Crippen molar-refractivity contribution in [2.24, 2.45) is 0 Å². The van der Waals surface area contributed by atoms with E-state index in [0.29, 0.717) is 56.0 Å². The molecule has 0 atom stereocenters. The molecule has 0 aliphatic carbocycles. The summed E-state index contributed by atoms with van der Waals surface area (Å²) < 4.78 is 71.2. The highest BCUT2D eigenvalue weighted by Crippen LogP contribution is 2.41. The molecule has 0 bridgehead atoms. The average molecular weight is 690 g/mol. The SMILES string of the molecule is [C-]#[N+]c1ccc(-c2nc3cc(C)c4c(-c5ccc(-c6c(F)c(F)c(F)c(F)c6F)cc5)nc5ccccc5c4c3nc2-c2ccc(C#N)cc2)cc1. The van der Waals surface area contributed by atoms with Gasteiger partial charge < -0.3 is 0 Å². The lowest BCUT2D eigenvalue weighted by Crippen LogP contribution is -2.04. The highest BCUT2D eigenvalue weighted by molar-refractivity contribution is 6.22. The number of nitriles is 1. The van der Waals surface area contributed by atoms with Crippen molar-refractivity contribution in [3.63, 3.8) is 0 Å². The van der Waals surface area contributed by atoms with Crippen LogP contribution in [-0.4, -0.2) is 15.0 Å². The molecule has 2 aromatic heterocycles. The number of benzene rings is 6. The van der Waals surface area contributed by atoms with Crippen molar-refractivity contribution in [1.82, 2.24) is 15.0 Å². The Balaban J connectivity index is 1.40. The molecule has 8 aromatic rings. The number of hydrogen-bond donors (Lipinski definition) is 0. The lowest BCUT2D eigenvalue weighted by Gasteiger charge is -2.17. The molecule has 8 rings (SSSR count). The molecule has 5 nitrogen and oxygen atoms in total. The van der Waals surface area contributed by atoms with Crippen LogP contribution in [-0.2, 0) is 0 Å². The fourth-order valence-corrected chi connectivity index (χ4v) is 6.51. The highest BCUT2D eigenvalue weighted by Gasteiger charge is 2.27. The average Bonchev–Trinajstić information content (AvgIpc) is 3.19. The Morgan fingerprint density at radius 1 is 0.577 bits per heavy atom. The Labute approximate surface area is 292 Å². The van der Waals surface area contributed by atoms with Gasteiger partial charge in [-0.05, 0) is 47.9 Å². The van der Waals surface area contributed by atoms with Crippen LogP contribution in [0.15, 0.2) is 103 Å². The number of aromatic nitrogens is 3. The summed E-state index contributed by atoms with van der Waals surface area (Å²) in [6.07, 6.45) is 0. The summed E-state index contributed by atoms with van der Waals surface area (Å²) in [6, 6.07) is 31.2. The number of halogens is 5. The molecule has 52 heavy (non-hydrogen) atoms. The normalized spacial score (nSPS) is 11.2. The molecule has 10 heteroatoms. The maximum absolute atomic E-state index is 14.7. The first-order chi connectivity index (χ1) is 25.2. The molecule has 0 amide bonds. The molecule has 2 heterocycles. The van der Waals surface area contributed by atoms with Gasteiger partial charge in [-0.2, -0.15) is 5.26 Å². The molecule has 6 aromatic carbocycles. The van der Waals surface area contributed by atoms with Crippen molar-refractivity contribution >= 4 is 38.4 Å². The van der Waals surface area contributed by atoms with E-state index in [1.165, 1.54) is 24.3 Å². The van der Waals surface area contributed by atoms with Crippen LogP contribution >= 0.6 is 0 Å². The van der Waals surface area contributed by atoms with Crippen LogP contribution in [0.4, 0.5) is 27.6 Å². The molecule has 0 fully saturated rings. The maximum Gasteiger partial charge on any atom is 0.200 e. The number of hydrogen-bond acceptors (Lipinski definition) is 4. The van der Waals surface area contributed by atoms with Crippen LogP contribution in [0.2, 0.25) is 0 Å². The molecule has 0 radical (unpaired) electrons. The van der Waals surface area contributed by atoms with E-state index in [0.717, 1.165) is 27.3 Å². The van der Waals surface area contributed by atoms with Crippen LogP contribution in [0.1, 0.15) is 11.1 Å². The summed E-state index contributed by atoms with van der Waals surface area (Å²) in [6.45, 7) is 9.28. The zero-order chi connectivity index (χ0) is 36.3. The standard InChI is InChI=1S/C42H20F5N5/c1-21-19-30-42(52-41(25-9-7-22(20-48)8-10-25)40(51-30)26-15-17-27(49-2)18-16-26)33-28-5-3-4-6-29(28)50-39(31(21)33)24-13-11-23(12-14-24)32-34(43)36(45)38(47)37(46)35(32)44/h3-19H,1H3. The molecular weight excluding hydrogens is 669 g/mol. The van der Waals surface area contributed by atoms with Gasteiger partial charge in [0.15, 0.2) is 29.0 Å². The van der Waals surface area contributed by atoms with Crippen molar-refractivity contribution in [2.45, 2.75) is 6.92 Å². The summed E-state index contributed by atoms with van der Waals surface area (Å²) in [5.74, 6) is -10.1. The minimum atomic E-state index is -2.22. The Kier molecular flexibility index (Phi) is 7.66. The van der Waals surface area contributed by atoms with Gasteiger partial charge in [-0.15, -0.1) is 0 Å². The third-order valence-corrected chi connectivity index (χ3v) is 9.01. The topological polar surface area (TPSA) is 66.8 Å². The number of para-hydroxylation sites is 1. The second-order valence-corrected chi connectivity index (χ2v) is 12.1. The van der Waals surface area contributed by atoms with Gasteiger partial charge in [-0.3, -0.25) is 0 Å². The lowest BCUT2D eigenvalue weighted by molar-refractivity contribution is 0.381. The van der Waals surface area contributed by atoms with Crippen molar-refractivity contribution in [2.75, 3.05) is 0 Å². The second-order valence-electron chi connectivity index (χ2n) is 12.1. The first kappa shape index (κ1) is 32.2. The fraction of sp³-hybridized carbons (Fsp3) is 0.0238. The largest absolute Gasteiger partial charge is 0.247 e. The summed E-state index contributed by atoms with van der Waals surface area (Å²) in [5, 5.41) is 11.7. The number of rotatable bonds is 4. The first-order valence-electron chi connectivity index (χ1n) is 15.8. The Hall–Kier alpha value is -7.04. The van der Waals surface area contributed by atoms with Crippen LogP contribution < -0.4 is 0 Å². The minimum absolute atomic E-state index is 0.196. The zero-order valence-electron chi connectivity index (χ0n) is 26.9. The van der Waals surface area contributed by atoms with Crippen molar-refractivity contribution in [3.05, 3.63) is 155 Å². The van der Waals surface area contributed by atoms with E-state index in [-0.39, 0.29) is 5.56 Å². The first-order valence-corrected chi connectivity index (χ1v) is 15.8. The van der Waals surface area contributed by atoms with E-state index in [9.17, 15) is 27.2 Å². The van der Waals surface area contributed by atoms with E-state index in [2.05, 4.69) is 10.9 Å². The fourth-order valence-electron chi connectivity index (χ4n) is 6.51. The lowest BCUT2D eigenvalue weighted by atomic mass is 9.93. The van der Waals surface area contributed by atoms with E-state index < -0.39 is 34.6 Å². The summed E-state index contributed by atoms with van der Waals surface area (Å²) >= 11 is 0. The van der Waals surface area contributed by atoms with Gasteiger partial charge in [0, 0.05) is 27.3 Å². The smallest absolute Gasteiger partial charge is 0.200 e. The van der Waals surface area contributed by atoms with Crippen molar-refractivity contribution in [3.8, 4) is 51.0 Å². The van der Waals surface area contributed by atoms with Crippen LogP contribution in [0.25, 0.3) is 82.5 Å². The molecule has 0 aliphatic rings. The van der Waals surface area contributed by atoms with Gasteiger partial charge in [-0.1, -0.05) is 78.9 Å². The van der Waals surface area contributed by atoms with Gasteiger partial charge in [0.05, 0.1) is 57.4 Å². The summed E-state index contributed by atoms with van der Waals surface area (Å²) in [7, 11) is 0. The molecule has 0 unspecified atom stereocenters. The minimum Gasteiger partial charge on any atom is -0.247 e. The third kappa shape index (κ3) is 5.09. The molecule has 0 N–H and O–H groups in total. The molecular formula is C42H20F5N5. The number of pyridine rings is 1. The predicted molar refractivity (Wildman–Crippen MR) is 190 cm³/mol. The van der Waals surface area contributed by atoms with Crippen LogP contribution in [0.5, 0.6) is 0 Å². The molecule has 0 saturated carbocycles. The maximum atomic E-state index is 14.7. The van der Waals surface area contributed by atoms with Crippen LogP contribution in [0, 0.1) is 53.9 Å². The van der Waals surface area contributed by atoms with E-state index in [1.807, 2.05) is 49.4 Å². The summed E-state index contributed by atoms with van der Waals surface area (Å²) in [5.41, 5.74) is 5.96. The molecule has 248 valence electrons. The van der Waals surface area contributed by atoms with E-state index >= 15 is 0 Å². The Bertz CT molecular complexity index is 2830. The van der Waals surface area contributed by atoms with Crippen molar-refractivity contribution in [1.29, 1.82) is 5.26 Å². The monoisotopic (exact) mass is 689 g/mol. The van der Waals surface area contributed by atoms with Gasteiger partial charge in [0.25, 0.3) is 0 Å². The van der Waals surface area contributed by atoms with Crippen molar-refractivity contribution < 1.29 is 22.0 Å². The van der Waals surface area contributed by atoms with Gasteiger partial charge in [-0.25, -0.2) is 41.7 Å². The predicted octanol–water partition coefficient (Wildman–Crippen LogP) is 11.4. The number of nitrogens with zero attached hydrogens (tertiary/aromatic N) is 5. The van der Waals surface area contributed by atoms with E-state index in [1.54, 1.807) is 36.4 Å². The number of fused-ring (bicyclic) bond motifs is 5. The zero-order valence-corrected chi connectivity index (χ0v) is 26.9. The van der Waals surface area contributed by atoms with Crippen LogP contribution in [0.3, 0.4) is 0 Å². The quantitative estimate of drug-likeness (QED) is 0.0606. The highest BCUT2D eigenvalue weighted by atomic mass is 19.2. The second kappa shape index (κ2) is 12.4. The summed E-state index contributed by atoms with van der Waals surface area (Å²) in [4.78, 5) is 18.9. The van der Waals surface area contributed by atoms with Gasteiger partial charge in [0.2, 0.25) is 5.82 Å².